The van der Waals surface area contributed by atoms with Crippen LogP contribution in [0.4, 0.5) is 13.2 Å². The fourth-order valence-corrected chi connectivity index (χ4v) is 3.60. The highest BCUT2D eigenvalue weighted by atomic mass is 32.1. The molecule has 3 rings (SSSR count). The number of para-hydroxylation sites is 1. The average Bonchev–Trinajstić information content (AvgIpc) is 2.98. The molecular weight excluding hydrogens is 393 g/mol. The molecule has 0 unspecified atom stereocenters. The minimum absolute atomic E-state index is 0.160. The van der Waals surface area contributed by atoms with E-state index < -0.39 is 23.6 Å². The molecule has 0 aliphatic rings. The van der Waals surface area contributed by atoms with E-state index in [2.05, 4.69) is 4.99 Å². The normalized spacial score (nSPS) is 12.4. The van der Waals surface area contributed by atoms with Gasteiger partial charge in [0, 0.05) is 5.56 Å². The molecule has 0 N–H and O–H groups in total. The van der Waals surface area contributed by atoms with Gasteiger partial charge < -0.3 is 9.30 Å². The van der Waals surface area contributed by atoms with Crippen LogP contribution in [-0.2, 0) is 22.3 Å². The predicted molar refractivity (Wildman–Crippen MR) is 97.8 cm³/mol. The van der Waals surface area contributed by atoms with Crippen LogP contribution in [0.2, 0.25) is 0 Å². The maximum absolute atomic E-state index is 12.9. The SMILES string of the molecule is CCOC(=O)Cn1c(=NC(=O)c2cccc(C(F)(F)F)c2)sc2ccccc21. The number of halogens is 3. The lowest BCUT2D eigenvalue weighted by atomic mass is 10.1. The van der Waals surface area contributed by atoms with Crippen molar-refractivity contribution >= 4 is 33.4 Å². The summed E-state index contributed by atoms with van der Waals surface area (Å²) in [6, 6.07) is 11.2. The molecule has 0 atom stereocenters. The average molecular weight is 408 g/mol. The molecule has 2 aromatic carbocycles. The molecule has 146 valence electrons. The Morgan fingerprint density at radius 1 is 1.14 bits per heavy atom. The quantitative estimate of drug-likeness (QED) is 0.613. The van der Waals surface area contributed by atoms with E-state index in [1.165, 1.54) is 10.6 Å². The zero-order chi connectivity index (χ0) is 20.3. The van der Waals surface area contributed by atoms with Gasteiger partial charge in [-0.2, -0.15) is 18.2 Å². The molecule has 0 aliphatic heterocycles. The minimum Gasteiger partial charge on any atom is -0.465 e. The van der Waals surface area contributed by atoms with Crippen LogP contribution in [0.1, 0.15) is 22.8 Å². The number of rotatable bonds is 4. The van der Waals surface area contributed by atoms with Crippen LogP contribution in [0.15, 0.2) is 53.5 Å². The summed E-state index contributed by atoms with van der Waals surface area (Å²) in [5, 5.41) is 0. The number of benzene rings is 2. The van der Waals surface area contributed by atoms with Gasteiger partial charge in [-0.1, -0.05) is 29.5 Å². The molecule has 0 radical (unpaired) electrons. The number of nitrogens with zero attached hydrogens (tertiary/aromatic N) is 2. The Hall–Kier alpha value is -2.94. The lowest BCUT2D eigenvalue weighted by Crippen LogP contribution is -2.23. The number of hydrogen-bond acceptors (Lipinski definition) is 4. The van der Waals surface area contributed by atoms with E-state index in [-0.39, 0.29) is 23.5 Å². The molecule has 0 bridgehead atoms. The number of aromatic nitrogens is 1. The summed E-state index contributed by atoms with van der Waals surface area (Å²) in [5.74, 6) is -1.32. The van der Waals surface area contributed by atoms with E-state index in [1.54, 1.807) is 31.2 Å². The van der Waals surface area contributed by atoms with Gasteiger partial charge in [0.05, 0.1) is 22.4 Å². The summed E-state index contributed by atoms with van der Waals surface area (Å²) in [6.45, 7) is 1.72. The highest BCUT2D eigenvalue weighted by molar-refractivity contribution is 7.16. The molecule has 3 aromatic rings. The molecule has 0 aliphatic carbocycles. The molecule has 0 saturated carbocycles. The van der Waals surface area contributed by atoms with Crippen LogP contribution in [0.5, 0.6) is 0 Å². The first-order valence-electron chi connectivity index (χ1n) is 8.30. The lowest BCUT2D eigenvalue weighted by molar-refractivity contribution is -0.143. The number of ether oxygens (including phenoxy) is 1. The van der Waals surface area contributed by atoms with Gasteiger partial charge in [-0.15, -0.1) is 0 Å². The third-order valence-electron chi connectivity index (χ3n) is 3.81. The number of alkyl halides is 3. The topological polar surface area (TPSA) is 60.7 Å². The largest absolute Gasteiger partial charge is 0.465 e. The van der Waals surface area contributed by atoms with Crippen LogP contribution in [0.3, 0.4) is 0 Å². The molecule has 28 heavy (non-hydrogen) atoms. The van der Waals surface area contributed by atoms with E-state index >= 15 is 0 Å². The summed E-state index contributed by atoms with van der Waals surface area (Å²) in [4.78, 5) is 28.6. The number of hydrogen-bond donors (Lipinski definition) is 0. The van der Waals surface area contributed by atoms with Gasteiger partial charge in [-0.25, -0.2) is 0 Å². The van der Waals surface area contributed by atoms with E-state index in [0.717, 1.165) is 34.2 Å². The second-order valence-electron chi connectivity index (χ2n) is 5.74. The fourth-order valence-electron chi connectivity index (χ4n) is 2.57. The second kappa shape index (κ2) is 7.97. The molecule has 1 amide bonds. The molecular formula is C19H15F3N2O3S. The van der Waals surface area contributed by atoms with E-state index in [1.807, 2.05) is 0 Å². The maximum Gasteiger partial charge on any atom is 0.416 e. The first-order chi connectivity index (χ1) is 13.3. The Kier molecular flexibility index (Phi) is 5.64. The van der Waals surface area contributed by atoms with Gasteiger partial charge in [0.15, 0.2) is 4.80 Å². The van der Waals surface area contributed by atoms with Gasteiger partial charge in [-0.05, 0) is 37.3 Å². The molecule has 0 fully saturated rings. The number of carbonyl (C=O) groups is 2. The van der Waals surface area contributed by atoms with Crippen LogP contribution in [0, 0.1) is 0 Å². The van der Waals surface area contributed by atoms with E-state index in [9.17, 15) is 22.8 Å². The summed E-state index contributed by atoms with van der Waals surface area (Å²) in [5.41, 5.74) is -0.435. The lowest BCUT2D eigenvalue weighted by Gasteiger charge is -2.07. The molecule has 9 heteroatoms. The smallest absolute Gasteiger partial charge is 0.416 e. The Labute approximate surface area is 161 Å². The highest BCUT2D eigenvalue weighted by Gasteiger charge is 2.30. The number of carbonyl (C=O) groups excluding carboxylic acids is 2. The molecule has 0 saturated heterocycles. The zero-order valence-electron chi connectivity index (χ0n) is 14.7. The number of amides is 1. The van der Waals surface area contributed by atoms with Crippen molar-refractivity contribution in [1.82, 2.24) is 4.57 Å². The molecule has 1 aromatic heterocycles. The van der Waals surface area contributed by atoms with Gasteiger partial charge in [0.25, 0.3) is 5.91 Å². The van der Waals surface area contributed by atoms with Gasteiger partial charge >= 0.3 is 12.1 Å². The van der Waals surface area contributed by atoms with Crippen molar-refractivity contribution in [3.05, 3.63) is 64.5 Å². The molecule has 0 spiro atoms. The van der Waals surface area contributed by atoms with Crippen molar-refractivity contribution in [3.8, 4) is 0 Å². The van der Waals surface area contributed by atoms with Crippen LogP contribution in [-0.4, -0.2) is 23.1 Å². The summed E-state index contributed by atoms with van der Waals surface area (Å²) >= 11 is 1.16. The standard InChI is InChI=1S/C19H15F3N2O3S/c1-2-27-16(25)11-24-14-8-3-4-9-15(14)28-18(24)23-17(26)12-6-5-7-13(10-12)19(20,21)22/h3-10H,2,11H2,1H3. The Balaban J connectivity index is 2.06. The minimum atomic E-state index is -4.56. The maximum atomic E-state index is 12.9. The molecule has 5 nitrogen and oxygen atoms in total. The van der Waals surface area contributed by atoms with Crippen molar-refractivity contribution in [1.29, 1.82) is 0 Å². The van der Waals surface area contributed by atoms with Crippen molar-refractivity contribution in [2.45, 2.75) is 19.6 Å². The third-order valence-corrected chi connectivity index (χ3v) is 4.87. The highest BCUT2D eigenvalue weighted by Crippen LogP contribution is 2.29. The summed E-state index contributed by atoms with van der Waals surface area (Å²) in [7, 11) is 0. The van der Waals surface area contributed by atoms with Gasteiger partial charge in [-0.3, -0.25) is 9.59 Å². The first kappa shape index (κ1) is 19.8. The third kappa shape index (κ3) is 4.30. The second-order valence-corrected chi connectivity index (χ2v) is 6.75. The van der Waals surface area contributed by atoms with Crippen LogP contribution in [0.25, 0.3) is 10.2 Å². The van der Waals surface area contributed by atoms with Crippen molar-refractivity contribution in [2.24, 2.45) is 4.99 Å². The van der Waals surface area contributed by atoms with Crippen molar-refractivity contribution in [3.63, 3.8) is 0 Å². The monoisotopic (exact) mass is 408 g/mol. The van der Waals surface area contributed by atoms with E-state index in [4.69, 9.17) is 4.74 Å². The van der Waals surface area contributed by atoms with Crippen molar-refractivity contribution in [2.75, 3.05) is 6.61 Å². The van der Waals surface area contributed by atoms with Crippen LogP contribution >= 0.6 is 11.3 Å². The van der Waals surface area contributed by atoms with E-state index in [0.29, 0.717) is 5.52 Å². The Bertz CT molecular complexity index is 1100. The van der Waals surface area contributed by atoms with Crippen LogP contribution < -0.4 is 4.80 Å². The molecule has 1 heterocycles. The first-order valence-corrected chi connectivity index (χ1v) is 9.11. The number of thiazole rings is 1. The predicted octanol–water partition coefficient (Wildman–Crippen LogP) is 4.03. The summed E-state index contributed by atoms with van der Waals surface area (Å²) < 4.78 is 45.9. The summed E-state index contributed by atoms with van der Waals surface area (Å²) in [6.07, 6.45) is -4.56. The number of esters is 1. The van der Waals surface area contributed by atoms with Gasteiger partial charge in [0.1, 0.15) is 6.54 Å². The van der Waals surface area contributed by atoms with Gasteiger partial charge in [0.2, 0.25) is 0 Å². The zero-order valence-corrected chi connectivity index (χ0v) is 15.5. The fraction of sp³-hybridized carbons (Fsp3) is 0.211. The number of fused-ring (bicyclic) bond motifs is 1. The van der Waals surface area contributed by atoms with Crippen molar-refractivity contribution < 1.29 is 27.5 Å². The Morgan fingerprint density at radius 2 is 1.89 bits per heavy atom. The Morgan fingerprint density at radius 3 is 2.61 bits per heavy atom.